The first kappa shape index (κ1) is 31.1. The minimum atomic E-state index is -0.710. The molecule has 6 heteroatoms. The third-order valence-electron chi connectivity index (χ3n) is 6.84. The van der Waals surface area contributed by atoms with E-state index in [1.165, 1.54) is 12.8 Å². The van der Waals surface area contributed by atoms with Crippen molar-refractivity contribution in [3.63, 3.8) is 0 Å². The van der Waals surface area contributed by atoms with Gasteiger partial charge in [-0.3, -0.25) is 4.79 Å². The van der Waals surface area contributed by atoms with Gasteiger partial charge in [-0.1, -0.05) is 45.1 Å². The lowest BCUT2D eigenvalue weighted by Crippen LogP contribution is -2.41. The molecular formula is C28H52O6. The fourth-order valence-corrected chi connectivity index (χ4v) is 5.37. The van der Waals surface area contributed by atoms with Gasteiger partial charge >= 0.3 is 5.97 Å². The number of carboxylic acid groups (broad SMARTS) is 1. The number of aliphatic carboxylic acids is 1. The summed E-state index contributed by atoms with van der Waals surface area (Å²) >= 11 is 0. The van der Waals surface area contributed by atoms with E-state index in [2.05, 4.69) is 19.1 Å². The second-order valence-corrected chi connectivity index (χ2v) is 9.33. The maximum Gasteiger partial charge on any atom is 0.303 e. The van der Waals surface area contributed by atoms with Crippen LogP contribution in [0.3, 0.4) is 0 Å². The first-order valence-corrected chi connectivity index (χ1v) is 13.9. The van der Waals surface area contributed by atoms with Crippen LogP contribution in [0.15, 0.2) is 12.2 Å². The molecule has 0 aromatic rings. The van der Waals surface area contributed by atoms with Crippen molar-refractivity contribution >= 4 is 5.97 Å². The Labute approximate surface area is 208 Å². The lowest BCUT2D eigenvalue weighted by molar-refractivity contribution is -0.256. The van der Waals surface area contributed by atoms with Crippen LogP contribution < -0.4 is 0 Å². The average molecular weight is 485 g/mol. The number of hydrogen-bond acceptors (Lipinski definition) is 5. The summed E-state index contributed by atoms with van der Waals surface area (Å²) in [5.74, 6) is -1.31. The van der Waals surface area contributed by atoms with Crippen LogP contribution in [0.1, 0.15) is 112 Å². The number of allylic oxidation sites excluding steroid dienone is 1. The second-order valence-electron chi connectivity index (χ2n) is 9.33. The van der Waals surface area contributed by atoms with Crippen LogP contribution in [0.2, 0.25) is 0 Å². The van der Waals surface area contributed by atoms with E-state index < -0.39 is 17.5 Å². The highest BCUT2D eigenvalue weighted by atomic mass is 16.7. The Morgan fingerprint density at radius 2 is 1.56 bits per heavy atom. The Bertz CT molecular complexity index is 549. The van der Waals surface area contributed by atoms with Gasteiger partial charge in [0.1, 0.15) is 0 Å². The second kappa shape index (κ2) is 17.5. The van der Waals surface area contributed by atoms with Crippen molar-refractivity contribution in [2.45, 2.75) is 123 Å². The molecule has 0 heterocycles. The van der Waals surface area contributed by atoms with Gasteiger partial charge in [0.25, 0.3) is 0 Å². The zero-order chi connectivity index (χ0) is 25.3. The molecule has 1 rings (SSSR count). The van der Waals surface area contributed by atoms with Crippen LogP contribution in [0.25, 0.3) is 0 Å². The van der Waals surface area contributed by atoms with Crippen molar-refractivity contribution in [3.05, 3.63) is 12.2 Å². The summed E-state index contributed by atoms with van der Waals surface area (Å²) in [5, 5.41) is 8.87. The van der Waals surface area contributed by atoms with E-state index >= 15 is 0 Å². The lowest BCUT2D eigenvalue weighted by Gasteiger charge is -2.37. The third kappa shape index (κ3) is 10.3. The molecule has 6 nitrogen and oxygen atoms in total. The van der Waals surface area contributed by atoms with Crippen molar-refractivity contribution in [2.75, 3.05) is 26.4 Å². The number of rotatable bonds is 21. The molecule has 1 aliphatic carbocycles. The van der Waals surface area contributed by atoms with E-state index in [4.69, 9.17) is 24.1 Å². The molecule has 34 heavy (non-hydrogen) atoms. The largest absolute Gasteiger partial charge is 0.481 e. The fraction of sp³-hybridized carbons (Fsp3) is 0.893. The first-order chi connectivity index (χ1) is 16.4. The van der Waals surface area contributed by atoms with Crippen LogP contribution in [0.5, 0.6) is 0 Å². The van der Waals surface area contributed by atoms with Gasteiger partial charge in [-0.05, 0) is 65.4 Å². The Hall–Kier alpha value is -0.950. The molecule has 1 aliphatic rings. The Morgan fingerprint density at radius 1 is 0.912 bits per heavy atom. The molecule has 0 unspecified atom stereocenters. The van der Waals surface area contributed by atoms with Crippen LogP contribution in [-0.2, 0) is 23.7 Å². The molecule has 0 aromatic carbocycles. The summed E-state index contributed by atoms with van der Waals surface area (Å²) in [5.41, 5.74) is 0. The predicted molar refractivity (Wildman–Crippen MR) is 137 cm³/mol. The average Bonchev–Trinajstić information content (AvgIpc) is 3.12. The number of unbranched alkanes of at least 4 members (excludes halogenated alkanes) is 5. The number of carboxylic acids is 1. The zero-order valence-electron chi connectivity index (χ0n) is 22.6. The fourth-order valence-electron chi connectivity index (χ4n) is 5.37. The van der Waals surface area contributed by atoms with Crippen LogP contribution in [-0.4, -0.2) is 49.1 Å². The topological polar surface area (TPSA) is 74.2 Å². The van der Waals surface area contributed by atoms with Crippen molar-refractivity contribution in [3.8, 4) is 0 Å². The third-order valence-corrected chi connectivity index (χ3v) is 6.84. The minimum absolute atomic E-state index is 0.256. The van der Waals surface area contributed by atoms with Gasteiger partial charge in [-0.2, -0.15) is 0 Å². The Morgan fingerprint density at radius 3 is 2.12 bits per heavy atom. The quantitative estimate of drug-likeness (QED) is 0.106. The van der Waals surface area contributed by atoms with Gasteiger partial charge in [0.2, 0.25) is 0 Å². The molecule has 0 radical (unpaired) electrons. The van der Waals surface area contributed by atoms with Crippen molar-refractivity contribution in [2.24, 2.45) is 11.8 Å². The standard InChI is InChI=1S/C28H52O6/c1-6-11-16-21-27(31-7-2,32-8-3)22-19-24-20-23-28(33-9-4,34-10-5)25(24)17-14-12-13-15-18-26(29)30/h19,22,24-25H,6-18,20-21,23H2,1-5H3,(H,29,30)/t24-,25+/m0/s1. The monoisotopic (exact) mass is 484 g/mol. The van der Waals surface area contributed by atoms with E-state index in [1.807, 2.05) is 27.7 Å². The molecule has 0 amide bonds. The molecule has 0 aliphatic heterocycles. The van der Waals surface area contributed by atoms with Gasteiger partial charge in [0.15, 0.2) is 11.6 Å². The highest BCUT2D eigenvalue weighted by molar-refractivity contribution is 5.66. The van der Waals surface area contributed by atoms with E-state index in [1.54, 1.807) is 0 Å². The smallest absolute Gasteiger partial charge is 0.303 e. The number of carbonyl (C=O) groups is 1. The van der Waals surface area contributed by atoms with E-state index in [0.717, 1.165) is 57.8 Å². The summed E-state index contributed by atoms with van der Waals surface area (Å²) < 4.78 is 25.0. The van der Waals surface area contributed by atoms with Gasteiger partial charge in [-0.25, -0.2) is 0 Å². The van der Waals surface area contributed by atoms with Crippen LogP contribution in [0, 0.1) is 11.8 Å². The van der Waals surface area contributed by atoms with Gasteiger partial charge < -0.3 is 24.1 Å². The maximum atomic E-state index is 10.8. The normalized spacial score (nSPS) is 20.4. The predicted octanol–water partition coefficient (Wildman–Crippen LogP) is 7.11. The molecule has 1 N–H and O–H groups in total. The van der Waals surface area contributed by atoms with E-state index in [0.29, 0.717) is 32.3 Å². The van der Waals surface area contributed by atoms with Crippen LogP contribution in [0.4, 0.5) is 0 Å². The molecular weight excluding hydrogens is 432 g/mol. The number of hydrogen-bond donors (Lipinski definition) is 1. The van der Waals surface area contributed by atoms with Gasteiger partial charge in [0, 0.05) is 51.6 Å². The van der Waals surface area contributed by atoms with Crippen molar-refractivity contribution < 1.29 is 28.8 Å². The molecule has 0 spiro atoms. The molecule has 1 saturated carbocycles. The molecule has 0 bridgehead atoms. The molecule has 0 aromatic heterocycles. The van der Waals surface area contributed by atoms with Crippen LogP contribution >= 0.6 is 0 Å². The van der Waals surface area contributed by atoms with Crippen molar-refractivity contribution in [1.82, 2.24) is 0 Å². The summed E-state index contributed by atoms with van der Waals surface area (Å²) in [4.78, 5) is 10.8. The summed E-state index contributed by atoms with van der Waals surface area (Å²) in [7, 11) is 0. The van der Waals surface area contributed by atoms with Gasteiger partial charge in [0.05, 0.1) is 0 Å². The maximum absolute atomic E-state index is 10.8. The highest BCUT2D eigenvalue weighted by Gasteiger charge is 2.49. The molecule has 2 atom stereocenters. The summed E-state index contributed by atoms with van der Waals surface area (Å²) in [6.07, 6.45) is 15.7. The molecule has 200 valence electrons. The van der Waals surface area contributed by atoms with Gasteiger partial charge in [-0.15, -0.1) is 0 Å². The SMILES string of the molecule is CCCCCC(C=C[C@H]1CCC(OCC)(OCC)[C@@H]1CCCCCCC(=O)O)(OCC)OCC. The minimum Gasteiger partial charge on any atom is -0.481 e. The summed E-state index contributed by atoms with van der Waals surface area (Å²) in [6.45, 7) is 12.8. The molecule has 1 fully saturated rings. The number of ether oxygens (including phenoxy) is 4. The summed E-state index contributed by atoms with van der Waals surface area (Å²) in [6, 6.07) is 0. The van der Waals surface area contributed by atoms with E-state index in [9.17, 15) is 4.79 Å². The highest BCUT2D eigenvalue weighted by Crippen LogP contribution is 2.47. The Balaban J connectivity index is 3.00. The Kier molecular flexibility index (Phi) is 16.0. The van der Waals surface area contributed by atoms with E-state index in [-0.39, 0.29) is 12.3 Å². The first-order valence-electron chi connectivity index (χ1n) is 13.9. The zero-order valence-corrected chi connectivity index (χ0v) is 22.6. The van der Waals surface area contributed by atoms with Crippen molar-refractivity contribution in [1.29, 1.82) is 0 Å². The lowest BCUT2D eigenvalue weighted by atomic mass is 9.86. The molecule has 0 saturated heterocycles.